The molecule has 1 aliphatic heterocycles. The van der Waals surface area contributed by atoms with Gasteiger partial charge in [-0.1, -0.05) is 18.2 Å². The van der Waals surface area contributed by atoms with E-state index < -0.39 is 0 Å². The summed E-state index contributed by atoms with van der Waals surface area (Å²) in [6, 6.07) is 9.99. The number of aromatic nitrogens is 5. The molecule has 6 nitrogen and oxygen atoms in total. The van der Waals surface area contributed by atoms with Crippen LogP contribution in [0.1, 0.15) is 22.9 Å². The zero-order valence-corrected chi connectivity index (χ0v) is 13.5. The summed E-state index contributed by atoms with van der Waals surface area (Å²) in [5.74, 6) is 1.15. The molecule has 1 aliphatic rings. The number of hydrogen-bond acceptors (Lipinski definition) is 4. The van der Waals surface area contributed by atoms with Gasteiger partial charge < -0.3 is 4.57 Å². The number of imidazole rings is 1. The van der Waals surface area contributed by atoms with Crippen LogP contribution in [0.3, 0.4) is 0 Å². The van der Waals surface area contributed by atoms with Crippen molar-refractivity contribution in [1.82, 2.24) is 29.4 Å². The molecule has 0 atom stereocenters. The summed E-state index contributed by atoms with van der Waals surface area (Å²) in [6.07, 6.45) is 1.85. The molecule has 1 aromatic carbocycles. The van der Waals surface area contributed by atoms with Gasteiger partial charge in [0.15, 0.2) is 0 Å². The lowest BCUT2D eigenvalue weighted by Gasteiger charge is -2.27. The van der Waals surface area contributed by atoms with E-state index in [-0.39, 0.29) is 0 Å². The first-order chi connectivity index (χ1) is 11.2. The predicted octanol–water partition coefficient (Wildman–Crippen LogP) is 2.10. The van der Waals surface area contributed by atoms with Crippen LogP contribution in [0.4, 0.5) is 0 Å². The second-order valence-electron chi connectivity index (χ2n) is 6.02. The van der Waals surface area contributed by atoms with Gasteiger partial charge >= 0.3 is 0 Å². The number of hydrogen-bond donors (Lipinski definition) is 0. The molecule has 0 radical (unpaired) electrons. The minimum Gasteiger partial charge on any atom is -0.330 e. The Labute approximate surface area is 135 Å². The number of nitrogens with zero attached hydrogens (tertiary/aromatic N) is 6. The van der Waals surface area contributed by atoms with Gasteiger partial charge in [0, 0.05) is 25.3 Å². The molecule has 4 rings (SSSR count). The van der Waals surface area contributed by atoms with Crippen molar-refractivity contribution < 1.29 is 0 Å². The van der Waals surface area contributed by atoms with Crippen LogP contribution in [0.15, 0.2) is 36.5 Å². The van der Waals surface area contributed by atoms with Crippen molar-refractivity contribution >= 4 is 0 Å². The van der Waals surface area contributed by atoms with Crippen molar-refractivity contribution in [2.75, 3.05) is 6.54 Å². The Bertz CT molecular complexity index is 817. The van der Waals surface area contributed by atoms with Gasteiger partial charge in [-0.2, -0.15) is 15.0 Å². The van der Waals surface area contributed by atoms with Gasteiger partial charge in [-0.3, -0.25) is 4.90 Å². The van der Waals surface area contributed by atoms with Crippen LogP contribution in [-0.4, -0.2) is 36.0 Å². The van der Waals surface area contributed by atoms with Crippen molar-refractivity contribution in [2.45, 2.75) is 33.5 Å². The fourth-order valence-electron chi connectivity index (χ4n) is 3.08. The molecule has 3 heterocycles. The maximum Gasteiger partial charge on any atom is 0.123 e. The lowest BCUT2D eigenvalue weighted by Crippen LogP contribution is -2.33. The van der Waals surface area contributed by atoms with Crippen LogP contribution >= 0.6 is 0 Å². The van der Waals surface area contributed by atoms with Crippen molar-refractivity contribution in [3.63, 3.8) is 0 Å². The highest BCUT2D eigenvalue weighted by atomic mass is 15.5. The quantitative estimate of drug-likeness (QED) is 0.743. The smallest absolute Gasteiger partial charge is 0.123 e. The summed E-state index contributed by atoms with van der Waals surface area (Å²) >= 11 is 0. The largest absolute Gasteiger partial charge is 0.330 e. The topological polar surface area (TPSA) is 51.8 Å². The second-order valence-corrected chi connectivity index (χ2v) is 6.02. The minimum atomic E-state index is 0.803. The molecule has 2 aromatic heterocycles. The summed E-state index contributed by atoms with van der Waals surface area (Å²) < 4.78 is 2.33. The molecule has 0 unspecified atom stereocenters. The summed E-state index contributed by atoms with van der Waals surface area (Å²) in [4.78, 5) is 8.74. The first kappa shape index (κ1) is 14.1. The molecular formula is C17H20N6. The standard InChI is InChI=1S/C17H20N6/c1-13-14(2)22-9-8-21(12-17(22)19-13)11-15-10-18-23(20-15)16-6-4-3-5-7-16/h3-7,10H,8-9,11-12H2,1-2H3. The molecule has 6 heteroatoms. The molecule has 0 bridgehead atoms. The van der Waals surface area contributed by atoms with E-state index in [9.17, 15) is 0 Å². The van der Waals surface area contributed by atoms with E-state index in [0.717, 1.165) is 49.1 Å². The van der Waals surface area contributed by atoms with E-state index in [2.05, 4.69) is 38.5 Å². The van der Waals surface area contributed by atoms with Crippen LogP contribution in [0.25, 0.3) is 5.69 Å². The molecule has 3 aromatic rings. The predicted molar refractivity (Wildman–Crippen MR) is 87.2 cm³/mol. The number of para-hydroxylation sites is 1. The van der Waals surface area contributed by atoms with Gasteiger partial charge in [-0.15, -0.1) is 0 Å². The van der Waals surface area contributed by atoms with Crippen LogP contribution in [0.5, 0.6) is 0 Å². The second kappa shape index (κ2) is 5.62. The fraction of sp³-hybridized carbons (Fsp3) is 0.353. The molecule has 23 heavy (non-hydrogen) atoms. The Hall–Kier alpha value is -2.47. The van der Waals surface area contributed by atoms with Crippen molar-refractivity contribution in [1.29, 1.82) is 0 Å². The average Bonchev–Trinajstić information content (AvgIpc) is 3.14. The van der Waals surface area contributed by atoms with Crippen LogP contribution < -0.4 is 0 Å². The van der Waals surface area contributed by atoms with E-state index in [4.69, 9.17) is 0 Å². The van der Waals surface area contributed by atoms with Gasteiger partial charge in [-0.05, 0) is 26.0 Å². The van der Waals surface area contributed by atoms with Gasteiger partial charge in [0.2, 0.25) is 0 Å². The van der Waals surface area contributed by atoms with Gasteiger partial charge in [0.05, 0.1) is 29.8 Å². The third kappa shape index (κ3) is 2.66. The SMILES string of the molecule is Cc1nc2n(c1C)CCN(Cc1cnn(-c3ccccc3)n1)C2. The summed E-state index contributed by atoms with van der Waals surface area (Å²) in [5.41, 5.74) is 4.40. The Morgan fingerprint density at radius 3 is 2.74 bits per heavy atom. The third-order valence-corrected chi connectivity index (χ3v) is 4.45. The maximum atomic E-state index is 4.68. The summed E-state index contributed by atoms with van der Waals surface area (Å²) in [5, 5.41) is 8.96. The van der Waals surface area contributed by atoms with E-state index in [1.165, 1.54) is 5.69 Å². The average molecular weight is 308 g/mol. The normalized spacial score (nSPS) is 14.9. The Morgan fingerprint density at radius 2 is 1.91 bits per heavy atom. The third-order valence-electron chi connectivity index (χ3n) is 4.45. The molecule has 0 saturated carbocycles. The lowest BCUT2D eigenvalue weighted by molar-refractivity contribution is 0.205. The zero-order valence-electron chi connectivity index (χ0n) is 13.5. The number of aryl methyl sites for hydroxylation is 1. The Morgan fingerprint density at radius 1 is 1.09 bits per heavy atom. The summed E-state index contributed by atoms with van der Waals surface area (Å²) in [6.45, 7) is 7.91. The van der Waals surface area contributed by atoms with E-state index in [0.29, 0.717) is 0 Å². The first-order valence-electron chi connectivity index (χ1n) is 7.92. The molecule has 0 amide bonds. The Kier molecular flexibility index (Phi) is 3.46. The van der Waals surface area contributed by atoms with Crippen molar-refractivity contribution in [2.24, 2.45) is 0 Å². The Balaban J connectivity index is 1.48. The highest BCUT2D eigenvalue weighted by Crippen LogP contribution is 2.18. The summed E-state index contributed by atoms with van der Waals surface area (Å²) in [7, 11) is 0. The van der Waals surface area contributed by atoms with Gasteiger partial charge in [-0.25, -0.2) is 4.98 Å². The van der Waals surface area contributed by atoms with Gasteiger partial charge in [0.25, 0.3) is 0 Å². The molecule has 0 N–H and O–H groups in total. The highest BCUT2D eigenvalue weighted by molar-refractivity contribution is 5.28. The number of fused-ring (bicyclic) bond motifs is 1. The van der Waals surface area contributed by atoms with Gasteiger partial charge in [0.1, 0.15) is 5.82 Å². The first-order valence-corrected chi connectivity index (χ1v) is 7.92. The van der Waals surface area contributed by atoms with Crippen LogP contribution in [0.2, 0.25) is 0 Å². The fourth-order valence-corrected chi connectivity index (χ4v) is 3.08. The monoisotopic (exact) mass is 308 g/mol. The number of benzene rings is 1. The molecule has 0 spiro atoms. The van der Waals surface area contributed by atoms with E-state index in [1.54, 1.807) is 4.80 Å². The maximum absolute atomic E-state index is 4.68. The highest BCUT2D eigenvalue weighted by Gasteiger charge is 2.21. The number of rotatable bonds is 3. The zero-order chi connectivity index (χ0) is 15.8. The molecule has 0 fully saturated rings. The van der Waals surface area contributed by atoms with E-state index >= 15 is 0 Å². The lowest BCUT2D eigenvalue weighted by atomic mass is 10.3. The van der Waals surface area contributed by atoms with Crippen LogP contribution in [0, 0.1) is 13.8 Å². The van der Waals surface area contributed by atoms with Crippen molar-refractivity contribution in [3.8, 4) is 5.69 Å². The molecule has 0 aliphatic carbocycles. The molecule has 0 saturated heterocycles. The van der Waals surface area contributed by atoms with Crippen molar-refractivity contribution in [3.05, 3.63) is 59.4 Å². The molecule has 118 valence electrons. The van der Waals surface area contributed by atoms with E-state index in [1.807, 2.05) is 36.5 Å². The van der Waals surface area contributed by atoms with Crippen LogP contribution in [-0.2, 0) is 19.6 Å². The molecular weight excluding hydrogens is 288 g/mol. The minimum absolute atomic E-state index is 0.803.